The first-order chi connectivity index (χ1) is 7.83. The number of hydrogen-bond donors (Lipinski definition) is 0. The van der Waals surface area contributed by atoms with Crippen LogP contribution in [-0.4, -0.2) is 11.9 Å². The van der Waals surface area contributed by atoms with E-state index in [1.54, 1.807) is 0 Å². The first-order valence-electron chi connectivity index (χ1n) is 6.14. The quantitative estimate of drug-likeness (QED) is 0.722. The van der Waals surface area contributed by atoms with E-state index >= 15 is 0 Å². The Morgan fingerprint density at radius 2 is 2.00 bits per heavy atom. The smallest absolute Gasteiger partial charge is 0.166 e. The van der Waals surface area contributed by atoms with Gasteiger partial charge >= 0.3 is 0 Å². The van der Waals surface area contributed by atoms with E-state index in [0.717, 1.165) is 37.0 Å². The fraction of sp³-hybridized carbons (Fsp3) is 0.500. The molecule has 0 bridgehead atoms. The molecule has 0 N–H and O–H groups in total. The maximum Gasteiger partial charge on any atom is 0.166 e. The summed E-state index contributed by atoms with van der Waals surface area (Å²) < 4.78 is 5.70. The average Bonchev–Trinajstić information content (AvgIpc) is 2.99. The minimum Gasteiger partial charge on any atom is -0.490 e. The molecule has 2 aliphatic carbocycles. The number of ether oxygens (including phenoxy) is 1. The van der Waals surface area contributed by atoms with E-state index in [4.69, 9.17) is 4.74 Å². The van der Waals surface area contributed by atoms with Gasteiger partial charge in [0.1, 0.15) is 5.75 Å². The lowest BCUT2D eigenvalue weighted by Gasteiger charge is -2.23. The number of Topliss-reactive ketones (excluding diaryl/α,β-unsaturated/α-hetero) is 1. The molecule has 0 aromatic heterocycles. The molecular formula is C14H16O2. The first kappa shape index (κ1) is 9.88. The van der Waals surface area contributed by atoms with Crippen molar-refractivity contribution in [3.63, 3.8) is 0 Å². The van der Waals surface area contributed by atoms with Crippen LogP contribution in [-0.2, 0) is 0 Å². The lowest BCUT2D eigenvalue weighted by molar-refractivity contribution is 0.0854. The van der Waals surface area contributed by atoms with E-state index in [0.29, 0.717) is 11.9 Å². The van der Waals surface area contributed by atoms with Crippen LogP contribution in [0.25, 0.3) is 0 Å². The molecule has 1 aromatic rings. The lowest BCUT2D eigenvalue weighted by atomic mass is 9.80. The summed E-state index contributed by atoms with van der Waals surface area (Å²) in [6.45, 7) is 0. The van der Waals surface area contributed by atoms with Crippen LogP contribution in [0.2, 0.25) is 0 Å². The Balaban J connectivity index is 1.74. The minimum atomic E-state index is 0.274. The normalized spacial score (nSPS) is 20.2. The number of carbonyl (C=O) groups excluding carboxylic acids is 1. The van der Waals surface area contributed by atoms with Gasteiger partial charge in [-0.25, -0.2) is 0 Å². The van der Waals surface area contributed by atoms with Gasteiger partial charge in [0.05, 0.1) is 6.10 Å². The van der Waals surface area contributed by atoms with Crippen LogP contribution in [0.15, 0.2) is 24.3 Å². The number of benzene rings is 1. The standard InChI is InChI=1S/C14H16O2/c15-14(10-3-1-4-10)11-5-2-6-13(9-11)16-12-7-8-12/h2,5-6,9-10,12H,1,3-4,7-8H2. The van der Waals surface area contributed by atoms with Crippen molar-refractivity contribution >= 4 is 5.78 Å². The van der Waals surface area contributed by atoms with E-state index in [9.17, 15) is 4.79 Å². The molecule has 0 radical (unpaired) electrons. The molecule has 0 unspecified atom stereocenters. The van der Waals surface area contributed by atoms with Gasteiger partial charge < -0.3 is 4.74 Å². The molecule has 0 aliphatic heterocycles. The van der Waals surface area contributed by atoms with Crippen molar-refractivity contribution in [1.29, 1.82) is 0 Å². The predicted molar refractivity (Wildman–Crippen MR) is 61.8 cm³/mol. The van der Waals surface area contributed by atoms with Crippen LogP contribution in [0, 0.1) is 5.92 Å². The molecule has 16 heavy (non-hydrogen) atoms. The number of rotatable bonds is 4. The maximum absolute atomic E-state index is 12.0. The van der Waals surface area contributed by atoms with Crippen LogP contribution in [0.4, 0.5) is 0 Å². The zero-order valence-electron chi connectivity index (χ0n) is 9.32. The third-order valence-electron chi connectivity index (χ3n) is 3.42. The summed E-state index contributed by atoms with van der Waals surface area (Å²) in [5, 5.41) is 0. The van der Waals surface area contributed by atoms with E-state index in [1.165, 1.54) is 6.42 Å². The summed E-state index contributed by atoms with van der Waals surface area (Å²) in [6.07, 6.45) is 6.03. The van der Waals surface area contributed by atoms with Crippen LogP contribution < -0.4 is 4.74 Å². The second-order valence-electron chi connectivity index (χ2n) is 4.84. The molecule has 3 rings (SSSR count). The van der Waals surface area contributed by atoms with E-state index < -0.39 is 0 Å². The fourth-order valence-electron chi connectivity index (χ4n) is 2.01. The molecule has 0 amide bonds. The topological polar surface area (TPSA) is 26.3 Å². The predicted octanol–water partition coefficient (Wildman–Crippen LogP) is 3.21. The third-order valence-corrected chi connectivity index (χ3v) is 3.42. The van der Waals surface area contributed by atoms with Crippen molar-refractivity contribution in [1.82, 2.24) is 0 Å². The maximum atomic E-state index is 12.0. The molecule has 2 aliphatic rings. The highest BCUT2D eigenvalue weighted by molar-refractivity contribution is 5.98. The lowest BCUT2D eigenvalue weighted by Crippen LogP contribution is -2.21. The first-order valence-corrected chi connectivity index (χ1v) is 6.14. The Bertz CT molecular complexity index is 403. The molecule has 2 saturated carbocycles. The van der Waals surface area contributed by atoms with E-state index in [1.807, 2.05) is 24.3 Å². The zero-order chi connectivity index (χ0) is 11.0. The molecule has 84 valence electrons. The monoisotopic (exact) mass is 216 g/mol. The molecular weight excluding hydrogens is 200 g/mol. The van der Waals surface area contributed by atoms with Crippen LogP contribution in [0.5, 0.6) is 5.75 Å². The van der Waals surface area contributed by atoms with Crippen molar-refractivity contribution in [3.8, 4) is 5.75 Å². The molecule has 0 spiro atoms. The van der Waals surface area contributed by atoms with Gasteiger partial charge in [-0.1, -0.05) is 18.6 Å². The second-order valence-corrected chi connectivity index (χ2v) is 4.84. The Hall–Kier alpha value is -1.31. The summed E-state index contributed by atoms with van der Waals surface area (Å²) >= 11 is 0. The Morgan fingerprint density at radius 1 is 1.19 bits per heavy atom. The van der Waals surface area contributed by atoms with Crippen molar-refractivity contribution < 1.29 is 9.53 Å². The molecule has 0 saturated heterocycles. The Morgan fingerprint density at radius 3 is 2.62 bits per heavy atom. The summed E-state index contributed by atoms with van der Waals surface area (Å²) in [5.74, 6) is 1.43. The van der Waals surface area contributed by atoms with Crippen molar-refractivity contribution in [3.05, 3.63) is 29.8 Å². The summed E-state index contributed by atoms with van der Waals surface area (Å²) in [6, 6.07) is 7.67. The Labute approximate surface area is 95.6 Å². The fourth-order valence-corrected chi connectivity index (χ4v) is 2.01. The average molecular weight is 216 g/mol. The van der Waals surface area contributed by atoms with Gasteiger partial charge in [0.15, 0.2) is 5.78 Å². The summed E-state index contributed by atoms with van der Waals surface area (Å²) in [4.78, 5) is 12.0. The highest BCUT2D eigenvalue weighted by Crippen LogP contribution is 2.31. The Kier molecular flexibility index (Phi) is 2.43. The number of ketones is 1. The van der Waals surface area contributed by atoms with Gasteiger partial charge in [-0.05, 0) is 37.8 Å². The highest BCUT2D eigenvalue weighted by atomic mass is 16.5. The molecule has 2 nitrogen and oxygen atoms in total. The molecule has 0 heterocycles. The van der Waals surface area contributed by atoms with Crippen molar-refractivity contribution in [2.45, 2.75) is 38.2 Å². The summed E-state index contributed by atoms with van der Waals surface area (Å²) in [7, 11) is 0. The van der Waals surface area contributed by atoms with Gasteiger partial charge in [-0.15, -0.1) is 0 Å². The molecule has 1 aromatic carbocycles. The highest BCUT2D eigenvalue weighted by Gasteiger charge is 2.27. The van der Waals surface area contributed by atoms with Gasteiger partial charge in [-0.2, -0.15) is 0 Å². The number of carbonyl (C=O) groups is 1. The largest absolute Gasteiger partial charge is 0.490 e. The summed E-state index contributed by atoms with van der Waals surface area (Å²) in [5.41, 5.74) is 0.822. The zero-order valence-corrected chi connectivity index (χ0v) is 9.32. The third kappa shape index (κ3) is 1.97. The van der Waals surface area contributed by atoms with Crippen LogP contribution >= 0.6 is 0 Å². The number of hydrogen-bond acceptors (Lipinski definition) is 2. The van der Waals surface area contributed by atoms with Gasteiger partial charge in [0.25, 0.3) is 0 Å². The van der Waals surface area contributed by atoms with Crippen LogP contribution in [0.3, 0.4) is 0 Å². The molecule has 2 fully saturated rings. The second kappa shape index (κ2) is 3.93. The SMILES string of the molecule is O=C(c1cccc(OC2CC2)c1)C1CCC1. The van der Waals surface area contributed by atoms with E-state index in [2.05, 4.69) is 0 Å². The van der Waals surface area contributed by atoms with Crippen LogP contribution in [0.1, 0.15) is 42.5 Å². The minimum absolute atomic E-state index is 0.274. The molecule has 2 heteroatoms. The van der Waals surface area contributed by atoms with Gasteiger partial charge in [0, 0.05) is 11.5 Å². The molecule has 0 atom stereocenters. The van der Waals surface area contributed by atoms with Crippen molar-refractivity contribution in [2.24, 2.45) is 5.92 Å². The van der Waals surface area contributed by atoms with Crippen molar-refractivity contribution in [2.75, 3.05) is 0 Å². The van der Waals surface area contributed by atoms with Gasteiger partial charge in [0.2, 0.25) is 0 Å². The van der Waals surface area contributed by atoms with E-state index in [-0.39, 0.29) is 5.92 Å². The van der Waals surface area contributed by atoms with Gasteiger partial charge in [-0.3, -0.25) is 4.79 Å².